The molecule has 1 aliphatic rings. The van der Waals surface area contributed by atoms with Crippen LogP contribution in [0.15, 0.2) is 29.4 Å². The van der Waals surface area contributed by atoms with Gasteiger partial charge in [0.25, 0.3) is 0 Å². The number of hydrogen-bond acceptors (Lipinski definition) is 8. The van der Waals surface area contributed by atoms with Crippen molar-refractivity contribution in [3.8, 4) is 0 Å². The van der Waals surface area contributed by atoms with Gasteiger partial charge in [-0.15, -0.1) is 0 Å². The third-order valence-corrected chi connectivity index (χ3v) is 4.87. The second-order valence-corrected chi connectivity index (χ2v) is 7.11. The predicted molar refractivity (Wildman–Crippen MR) is 105 cm³/mol. The summed E-state index contributed by atoms with van der Waals surface area (Å²) < 4.78 is 44.7. The van der Waals surface area contributed by atoms with Crippen molar-refractivity contribution in [1.82, 2.24) is 9.97 Å². The highest BCUT2D eigenvalue weighted by Crippen LogP contribution is 2.36. The molecule has 12 heteroatoms. The minimum atomic E-state index is -4.52. The fraction of sp³-hybridized carbons (Fsp3) is 0.353. The summed E-state index contributed by atoms with van der Waals surface area (Å²) in [5.74, 6) is -0.309. The van der Waals surface area contributed by atoms with Crippen LogP contribution in [0.1, 0.15) is 5.56 Å². The van der Waals surface area contributed by atoms with E-state index in [1.54, 1.807) is 0 Å². The Hall–Kier alpha value is -2.73. The molecule has 0 bridgehead atoms. The Kier molecular flexibility index (Phi) is 6.33. The number of benzene rings is 1. The first kappa shape index (κ1) is 21.0. The van der Waals surface area contributed by atoms with E-state index >= 15 is 0 Å². The molecule has 1 aromatic carbocycles. The number of aromatic nitrogens is 2. The standard InChI is InChI=1S/C17H19F3N6O2S/c18-17(19,20)10-1-2-12(26-3-5-28-6-4-26)11(7-10)23-15(27)9-29-16-24-13(21)8-14(22)25-16/h1-2,7-8H,3-6,9H2,(H,23,27)(H4,21,22,24,25). The summed E-state index contributed by atoms with van der Waals surface area (Å²) in [7, 11) is 0. The van der Waals surface area contributed by atoms with Gasteiger partial charge in [0.1, 0.15) is 11.6 Å². The van der Waals surface area contributed by atoms with Crippen molar-refractivity contribution < 1.29 is 22.7 Å². The zero-order chi connectivity index (χ0) is 21.0. The van der Waals surface area contributed by atoms with Crippen molar-refractivity contribution in [3.63, 3.8) is 0 Å². The lowest BCUT2D eigenvalue weighted by molar-refractivity contribution is -0.137. The van der Waals surface area contributed by atoms with Gasteiger partial charge in [0, 0.05) is 19.2 Å². The van der Waals surface area contributed by atoms with Crippen molar-refractivity contribution in [3.05, 3.63) is 29.8 Å². The number of nitrogens with one attached hydrogen (secondary N) is 1. The Morgan fingerprint density at radius 1 is 1.17 bits per heavy atom. The van der Waals surface area contributed by atoms with Gasteiger partial charge in [-0.2, -0.15) is 13.2 Å². The molecule has 2 aromatic rings. The van der Waals surface area contributed by atoms with Crippen molar-refractivity contribution >= 4 is 40.7 Å². The Labute approximate surface area is 168 Å². The van der Waals surface area contributed by atoms with E-state index in [9.17, 15) is 18.0 Å². The van der Waals surface area contributed by atoms with Crippen LogP contribution in [-0.2, 0) is 15.7 Å². The number of alkyl halides is 3. The van der Waals surface area contributed by atoms with Gasteiger partial charge < -0.3 is 26.4 Å². The average Bonchev–Trinajstić information content (AvgIpc) is 2.65. The first-order valence-corrected chi connectivity index (χ1v) is 9.57. The van der Waals surface area contributed by atoms with E-state index in [0.717, 1.165) is 23.9 Å². The highest BCUT2D eigenvalue weighted by atomic mass is 32.2. The molecule has 1 amide bonds. The molecule has 3 rings (SSSR count). The molecule has 2 heterocycles. The van der Waals surface area contributed by atoms with E-state index in [-0.39, 0.29) is 28.2 Å². The molecule has 0 saturated carbocycles. The molecule has 1 saturated heterocycles. The predicted octanol–water partition coefficient (Wildman–Crippen LogP) is 2.23. The van der Waals surface area contributed by atoms with Crippen LogP contribution in [0.25, 0.3) is 0 Å². The fourth-order valence-corrected chi connectivity index (χ4v) is 3.41. The molecule has 0 aliphatic carbocycles. The maximum atomic E-state index is 13.1. The molecule has 1 aliphatic heterocycles. The quantitative estimate of drug-likeness (QED) is 0.490. The lowest BCUT2D eigenvalue weighted by atomic mass is 10.1. The van der Waals surface area contributed by atoms with E-state index in [4.69, 9.17) is 16.2 Å². The molecule has 0 spiro atoms. The van der Waals surface area contributed by atoms with Gasteiger partial charge in [0.2, 0.25) is 5.91 Å². The van der Waals surface area contributed by atoms with Gasteiger partial charge in [0.15, 0.2) is 5.16 Å². The summed E-state index contributed by atoms with van der Waals surface area (Å²) >= 11 is 0.977. The van der Waals surface area contributed by atoms with Crippen molar-refractivity contribution in [1.29, 1.82) is 0 Å². The van der Waals surface area contributed by atoms with Gasteiger partial charge in [-0.3, -0.25) is 4.79 Å². The van der Waals surface area contributed by atoms with Crippen molar-refractivity contribution in [2.24, 2.45) is 0 Å². The second-order valence-electron chi connectivity index (χ2n) is 6.17. The van der Waals surface area contributed by atoms with E-state index in [2.05, 4.69) is 15.3 Å². The van der Waals surface area contributed by atoms with Gasteiger partial charge >= 0.3 is 6.18 Å². The minimum absolute atomic E-state index is 0.0836. The van der Waals surface area contributed by atoms with Gasteiger partial charge in [-0.05, 0) is 18.2 Å². The van der Waals surface area contributed by atoms with Crippen LogP contribution in [0.5, 0.6) is 0 Å². The number of morpholine rings is 1. The number of hydrogen-bond donors (Lipinski definition) is 3. The van der Waals surface area contributed by atoms with Crippen LogP contribution < -0.4 is 21.7 Å². The number of halogens is 3. The molecule has 8 nitrogen and oxygen atoms in total. The van der Waals surface area contributed by atoms with Crippen LogP contribution in [-0.4, -0.2) is 47.9 Å². The summed E-state index contributed by atoms with van der Waals surface area (Å²) in [6, 6.07) is 4.67. The van der Waals surface area contributed by atoms with Crippen molar-refractivity contribution in [2.75, 3.05) is 53.7 Å². The van der Waals surface area contributed by atoms with Gasteiger partial charge in [-0.1, -0.05) is 11.8 Å². The smallest absolute Gasteiger partial charge is 0.383 e. The third-order valence-electron chi connectivity index (χ3n) is 4.03. The number of carbonyl (C=O) groups excluding carboxylic acids is 1. The molecule has 1 aromatic heterocycles. The molecule has 29 heavy (non-hydrogen) atoms. The number of nitrogen functional groups attached to an aromatic ring is 2. The maximum absolute atomic E-state index is 13.1. The zero-order valence-electron chi connectivity index (χ0n) is 15.2. The molecule has 1 fully saturated rings. The summed E-state index contributed by atoms with van der Waals surface area (Å²) in [5, 5.41) is 2.76. The normalized spacial score (nSPS) is 14.7. The first-order valence-electron chi connectivity index (χ1n) is 8.59. The van der Waals surface area contributed by atoms with Gasteiger partial charge in [-0.25, -0.2) is 9.97 Å². The monoisotopic (exact) mass is 428 g/mol. The lowest BCUT2D eigenvalue weighted by Gasteiger charge is -2.31. The number of carbonyl (C=O) groups is 1. The number of nitrogens with zero attached hydrogens (tertiary/aromatic N) is 3. The van der Waals surface area contributed by atoms with E-state index < -0.39 is 17.6 Å². The maximum Gasteiger partial charge on any atom is 0.416 e. The van der Waals surface area contributed by atoms with Crippen LogP contribution in [0, 0.1) is 0 Å². The summed E-state index contributed by atoms with van der Waals surface area (Å²) in [4.78, 5) is 22.1. The number of nitrogens with two attached hydrogens (primary N) is 2. The third kappa shape index (κ3) is 5.64. The summed E-state index contributed by atoms with van der Waals surface area (Å²) in [6.45, 7) is 1.94. The molecule has 0 unspecified atom stereocenters. The number of amides is 1. The number of anilines is 4. The van der Waals surface area contributed by atoms with E-state index in [1.165, 1.54) is 12.1 Å². The Bertz CT molecular complexity index is 870. The SMILES string of the molecule is Nc1cc(N)nc(SCC(=O)Nc2cc(C(F)(F)F)ccc2N2CCOCC2)n1. The van der Waals surface area contributed by atoms with Crippen molar-refractivity contribution in [2.45, 2.75) is 11.3 Å². The summed E-state index contributed by atoms with van der Waals surface area (Å²) in [5.41, 5.74) is 10.9. The number of ether oxygens (including phenoxy) is 1. The molecule has 5 N–H and O–H groups in total. The number of thioether (sulfide) groups is 1. The van der Waals surface area contributed by atoms with E-state index in [0.29, 0.717) is 32.0 Å². The molecular formula is C17H19F3N6O2S. The van der Waals surface area contributed by atoms with Crippen LogP contribution in [0.4, 0.5) is 36.2 Å². The first-order chi connectivity index (χ1) is 13.7. The Morgan fingerprint density at radius 2 is 1.83 bits per heavy atom. The summed E-state index contributed by atoms with van der Waals surface area (Å²) in [6.07, 6.45) is -4.52. The second kappa shape index (κ2) is 8.74. The van der Waals surface area contributed by atoms with Crippen LogP contribution >= 0.6 is 11.8 Å². The average molecular weight is 428 g/mol. The molecule has 156 valence electrons. The highest BCUT2D eigenvalue weighted by Gasteiger charge is 2.32. The molecule has 0 atom stereocenters. The Balaban J connectivity index is 1.76. The van der Waals surface area contributed by atoms with E-state index in [1.807, 2.05) is 4.90 Å². The molecular weight excluding hydrogens is 409 g/mol. The van der Waals surface area contributed by atoms with Crippen LogP contribution in [0.2, 0.25) is 0 Å². The largest absolute Gasteiger partial charge is 0.416 e. The highest BCUT2D eigenvalue weighted by molar-refractivity contribution is 7.99. The molecule has 0 radical (unpaired) electrons. The Morgan fingerprint density at radius 3 is 2.45 bits per heavy atom. The fourth-order valence-electron chi connectivity index (χ4n) is 2.74. The van der Waals surface area contributed by atoms with Crippen LogP contribution in [0.3, 0.4) is 0 Å². The number of rotatable bonds is 5. The topological polar surface area (TPSA) is 119 Å². The lowest BCUT2D eigenvalue weighted by Crippen LogP contribution is -2.37. The zero-order valence-corrected chi connectivity index (χ0v) is 16.0. The minimum Gasteiger partial charge on any atom is -0.383 e. The van der Waals surface area contributed by atoms with Gasteiger partial charge in [0.05, 0.1) is 35.9 Å².